The van der Waals surface area contributed by atoms with Gasteiger partial charge in [-0.3, -0.25) is 9.69 Å². The molecule has 2 fully saturated rings. The third kappa shape index (κ3) is 4.52. The Hall–Kier alpha value is -2.78. The number of benzene rings is 1. The van der Waals surface area contributed by atoms with Crippen molar-refractivity contribution in [2.45, 2.75) is 19.4 Å². The number of H-pyrrole nitrogens is 1. The molecule has 8 nitrogen and oxygen atoms in total. The lowest BCUT2D eigenvalue weighted by atomic mass is 9.76. The molecule has 9 heteroatoms. The Kier molecular flexibility index (Phi) is 6.39. The molecule has 5 rings (SSSR count). The number of aryl methyl sites for hydroxylation is 1. The van der Waals surface area contributed by atoms with Gasteiger partial charge in [0.1, 0.15) is 5.51 Å². The van der Waals surface area contributed by atoms with E-state index in [0.29, 0.717) is 11.3 Å². The maximum absolute atomic E-state index is 8.36. The summed E-state index contributed by atoms with van der Waals surface area (Å²) in [6.45, 7) is 5.16. The predicted octanol–water partition coefficient (Wildman–Crippen LogP) is 2.53. The van der Waals surface area contributed by atoms with Crippen LogP contribution in [0.1, 0.15) is 17.7 Å². The van der Waals surface area contributed by atoms with Gasteiger partial charge in [-0.2, -0.15) is 0 Å². The monoisotopic (exact) mass is 426 g/mol. The number of rotatable bonds is 6. The Labute approximate surface area is 179 Å². The number of carboxylic acid groups (broad SMARTS) is 1. The quantitative estimate of drug-likeness (QED) is 0.585. The van der Waals surface area contributed by atoms with Crippen molar-refractivity contribution in [3.8, 4) is 0 Å². The molecule has 4 heterocycles. The molecule has 2 saturated heterocycles. The van der Waals surface area contributed by atoms with Crippen molar-refractivity contribution >= 4 is 22.9 Å². The van der Waals surface area contributed by atoms with Gasteiger partial charge in [0.05, 0.1) is 6.33 Å². The lowest BCUT2D eigenvalue weighted by molar-refractivity contribution is -0.122. The highest BCUT2D eigenvalue weighted by Crippen LogP contribution is 2.47. The Morgan fingerprint density at radius 3 is 2.80 bits per heavy atom. The van der Waals surface area contributed by atoms with Crippen molar-refractivity contribution in [3.05, 3.63) is 59.6 Å². The number of nitrogens with zero attached hydrogens (tertiary/aromatic N) is 5. The summed E-state index contributed by atoms with van der Waals surface area (Å²) in [4.78, 5) is 20.8. The first-order valence-electron chi connectivity index (χ1n) is 10.0. The van der Waals surface area contributed by atoms with Crippen LogP contribution in [0.5, 0.6) is 0 Å². The Bertz CT molecular complexity index is 905. The van der Waals surface area contributed by atoms with Gasteiger partial charge in [0.15, 0.2) is 0 Å². The number of anilines is 1. The second-order valence-electron chi connectivity index (χ2n) is 8.00. The molecular weight excluding hydrogens is 400 g/mol. The fourth-order valence-electron chi connectivity index (χ4n) is 4.87. The summed E-state index contributed by atoms with van der Waals surface area (Å²) in [6, 6.07) is 10.9. The van der Waals surface area contributed by atoms with Crippen LogP contribution in [0.4, 0.5) is 5.13 Å². The van der Waals surface area contributed by atoms with E-state index in [2.05, 4.69) is 60.3 Å². The summed E-state index contributed by atoms with van der Waals surface area (Å²) in [5.41, 5.74) is 4.80. The van der Waals surface area contributed by atoms with Gasteiger partial charge in [-0.1, -0.05) is 41.7 Å². The first-order chi connectivity index (χ1) is 14.7. The van der Waals surface area contributed by atoms with Crippen LogP contribution in [0.25, 0.3) is 0 Å². The number of imidazole rings is 1. The summed E-state index contributed by atoms with van der Waals surface area (Å²) in [6.07, 6.45) is 6.07. The summed E-state index contributed by atoms with van der Waals surface area (Å²) >= 11 is 1.65. The van der Waals surface area contributed by atoms with Gasteiger partial charge in [-0.05, 0) is 24.3 Å². The Morgan fingerprint density at radius 1 is 1.27 bits per heavy atom. The highest BCUT2D eigenvalue weighted by molar-refractivity contribution is 7.13. The van der Waals surface area contributed by atoms with Gasteiger partial charge in [-0.15, -0.1) is 10.2 Å². The van der Waals surface area contributed by atoms with Gasteiger partial charge in [0, 0.05) is 50.0 Å². The third-order valence-corrected chi connectivity index (χ3v) is 6.90. The van der Waals surface area contributed by atoms with Crippen LogP contribution in [0, 0.1) is 11.3 Å². The molecule has 2 atom stereocenters. The second kappa shape index (κ2) is 9.36. The van der Waals surface area contributed by atoms with Crippen molar-refractivity contribution in [2.75, 3.05) is 31.1 Å². The number of aromatic nitrogens is 4. The fraction of sp³-hybridized carbons (Fsp3) is 0.429. The molecule has 1 aromatic carbocycles. The van der Waals surface area contributed by atoms with Crippen LogP contribution in [-0.4, -0.2) is 62.8 Å². The molecular formula is C21H26N6O2S. The molecule has 3 aromatic rings. The van der Waals surface area contributed by atoms with Gasteiger partial charge in [0.2, 0.25) is 5.13 Å². The zero-order chi connectivity index (χ0) is 20.8. The summed E-state index contributed by atoms with van der Waals surface area (Å²) < 4.78 is 0. The molecule has 0 saturated carbocycles. The van der Waals surface area contributed by atoms with Crippen LogP contribution in [0.3, 0.4) is 0 Å². The topological polar surface area (TPSA) is 98.2 Å². The van der Waals surface area contributed by atoms with Gasteiger partial charge in [0.25, 0.3) is 6.47 Å². The van der Waals surface area contributed by atoms with Crippen LogP contribution in [0.2, 0.25) is 0 Å². The van der Waals surface area contributed by atoms with Gasteiger partial charge < -0.3 is 15.0 Å². The Morgan fingerprint density at radius 2 is 2.10 bits per heavy atom. The van der Waals surface area contributed by atoms with Crippen molar-refractivity contribution in [1.29, 1.82) is 0 Å². The number of likely N-dealkylation sites (tertiary alicyclic amines) is 1. The van der Waals surface area contributed by atoms with Crippen LogP contribution in [0.15, 0.2) is 48.4 Å². The lowest BCUT2D eigenvalue weighted by Crippen LogP contribution is -2.34. The largest absolute Gasteiger partial charge is 0.483 e. The predicted molar refractivity (Wildman–Crippen MR) is 115 cm³/mol. The van der Waals surface area contributed by atoms with E-state index >= 15 is 0 Å². The van der Waals surface area contributed by atoms with E-state index in [-0.39, 0.29) is 6.47 Å². The molecule has 30 heavy (non-hydrogen) atoms. The average molecular weight is 427 g/mol. The fourth-order valence-corrected chi connectivity index (χ4v) is 5.44. The van der Waals surface area contributed by atoms with E-state index in [9.17, 15) is 0 Å². The molecule has 158 valence electrons. The van der Waals surface area contributed by atoms with E-state index < -0.39 is 0 Å². The zero-order valence-electron chi connectivity index (χ0n) is 16.7. The molecule has 2 aromatic heterocycles. The smallest absolute Gasteiger partial charge is 0.290 e. The van der Waals surface area contributed by atoms with Crippen molar-refractivity contribution in [1.82, 2.24) is 25.1 Å². The number of aromatic amines is 1. The van der Waals surface area contributed by atoms with Crippen molar-refractivity contribution in [3.63, 3.8) is 0 Å². The number of hydrogen-bond donors (Lipinski definition) is 2. The molecule has 2 N–H and O–H groups in total. The molecule has 0 amide bonds. The molecule has 0 radical (unpaired) electrons. The van der Waals surface area contributed by atoms with E-state index in [4.69, 9.17) is 9.90 Å². The summed E-state index contributed by atoms with van der Waals surface area (Å²) in [5.74, 6) is 0.674. The maximum atomic E-state index is 8.36. The maximum Gasteiger partial charge on any atom is 0.290 e. The molecule has 0 spiro atoms. The van der Waals surface area contributed by atoms with Gasteiger partial charge in [-0.25, -0.2) is 4.98 Å². The molecule has 0 bridgehead atoms. The summed E-state index contributed by atoms with van der Waals surface area (Å²) in [5, 5.41) is 16.3. The number of carbonyl (C=O) groups is 1. The minimum absolute atomic E-state index is 0.250. The number of fused-ring (bicyclic) bond motifs is 1. The first-order valence-corrected chi connectivity index (χ1v) is 10.9. The highest BCUT2D eigenvalue weighted by atomic mass is 32.1. The van der Waals surface area contributed by atoms with Gasteiger partial charge >= 0.3 is 0 Å². The third-order valence-electron chi connectivity index (χ3n) is 6.15. The minimum Gasteiger partial charge on any atom is -0.483 e. The molecule has 2 unspecified atom stereocenters. The standard InChI is InChI=1S/C20H24N6S.CH2O2/c1-2-4-16(5-3-1)6-7-20-12-25(11-18-8-21-14-22-18)9-17(20)10-26(13-20)19-24-23-15-27-19;2-1-3/h1-5,8,14-15,17H,6-7,9-13H2,(H,21,22);1H,(H,2,3). The average Bonchev–Trinajstić information content (AvgIpc) is 3.53. The zero-order valence-corrected chi connectivity index (χ0v) is 17.5. The second-order valence-corrected chi connectivity index (χ2v) is 8.81. The Balaban J connectivity index is 0.000000687. The van der Waals surface area contributed by atoms with Crippen LogP contribution in [-0.2, 0) is 17.8 Å². The molecule has 2 aliphatic heterocycles. The number of hydrogen-bond acceptors (Lipinski definition) is 7. The first kappa shape index (κ1) is 20.5. The van der Waals surface area contributed by atoms with Crippen LogP contribution >= 0.6 is 11.3 Å². The summed E-state index contributed by atoms with van der Waals surface area (Å²) in [7, 11) is 0. The van der Waals surface area contributed by atoms with E-state index in [1.54, 1.807) is 17.7 Å². The van der Waals surface area contributed by atoms with Crippen LogP contribution < -0.4 is 4.90 Å². The van der Waals surface area contributed by atoms with E-state index in [1.807, 2.05) is 11.7 Å². The van der Waals surface area contributed by atoms with Crippen molar-refractivity contribution < 1.29 is 9.90 Å². The van der Waals surface area contributed by atoms with E-state index in [0.717, 1.165) is 44.3 Å². The molecule has 0 aliphatic carbocycles. The number of nitrogens with one attached hydrogen (secondary N) is 1. The van der Waals surface area contributed by atoms with Crippen molar-refractivity contribution in [2.24, 2.45) is 11.3 Å². The van der Waals surface area contributed by atoms with E-state index in [1.165, 1.54) is 17.7 Å². The lowest BCUT2D eigenvalue weighted by Gasteiger charge is -2.29. The highest BCUT2D eigenvalue weighted by Gasteiger charge is 2.52. The SMILES string of the molecule is O=CO.c1ccc(CCC23CN(Cc4cnc[nH]4)CC2CN(c2nncs2)C3)cc1. The minimum atomic E-state index is -0.250. The molecule has 2 aliphatic rings. The normalized spacial score (nSPS) is 23.1.